The Morgan fingerprint density at radius 3 is 0.951 bits per heavy atom. The molecule has 0 aromatic heterocycles. The molecular weight excluding hydrogens is 1040 g/mol. The molecule has 0 aromatic carbocycles. The minimum atomic E-state index is -0.122. The monoisotopic (exact) mass is 1160 g/mol. The molecular formula is C62H116N10O10. The lowest BCUT2D eigenvalue weighted by Gasteiger charge is -2.46. The third kappa shape index (κ3) is 35.6. The smallest absolute Gasteiger partial charge is 0.143 e. The van der Waals surface area contributed by atoms with Crippen LogP contribution in [0.4, 0.5) is 0 Å². The first-order valence-corrected chi connectivity index (χ1v) is 30.6. The van der Waals surface area contributed by atoms with Gasteiger partial charge >= 0.3 is 0 Å². The number of Topliss-reactive ketones (excluding diaryl/α,β-unsaturated/α-hetero) is 10. The van der Waals surface area contributed by atoms with Gasteiger partial charge in [-0.3, -0.25) is 82.2 Å². The quantitative estimate of drug-likeness (QED) is 0.0885. The molecule has 0 N–H and O–H groups in total. The number of likely N-dealkylation sites (N-methyl/N-ethyl adjacent to an activating group) is 4. The van der Waals surface area contributed by atoms with E-state index in [1.807, 2.05) is 45.3 Å². The molecule has 0 bridgehead atoms. The fourth-order valence-electron chi connectivity index (χ4n) is 11.4. The molecule has 1 aliphatic carbocycles. The predicted molar refractivity (Wildman–Crippen MR) is 329 cm³/mol. The summed E-state index contributed by atoms with van der Waals surface area (Å²) in [6.45, 7) is 49.0. The maximum absolute atomic E-state index is 12.2. The van der Waals surface area contributed by atoms with Gasteiger partial charge in [0.1, 0.15) is 57.8 Å². The Bertz CT molecular complexity index is 1870. The highest BCUT2D eigenvalue weighted by Crippen LogP contribution is 2.28. The molecule has 0 amide bonds. The Labute approximate surface area is 496 Å². The minimum absolute atomic E-state index is 0.00114. The van der Waals surface area contributed by atoms with Gasteiger partial charge in [-0.2, -0.15) is 0 Å². The van der Waals surface area contributed by atoms with Gasteiger partial charge in [-0.25, -0.2) is 0 Å². The highest BCUT2D eigenvalue weighted by molar-refractivity contribution is 5.83. The van der Waals surface area contributed by atoms with Crippen molar-refractivity contribution in [1.82, 2.24) is 49.0 Å². The standard InChI is InChI=1S/C24H41N3O5.C21H37N3O5.C17H38N4/c1-17(25(12-18(2)28)13-19(3)29)11-26(14-20(4)30)23-9-7-8-10-24(23)27(15-21(5)31)16-22(6)32;1-15(23(11-18(4)26)12-19(5)27)8-22(10-17(3)25)9-16(2)24(13-20(6)28)14-21(7)29;1-6-18-10-11-19(7-2)14-15-21(9-4)17(5)16-20(8-3)13-12-18/h17,23-24H,7-16H2,1-6H3;15-16H,8-14H2,1-7H3;17H,6-16H2,1-5H3. The molecule has 0 aromatic rings. The summed E-state index contributed by atoms with van der Waals surface area (Å²) in [6.07, 6.45) is 3.76. The molecule has 2 aliphatic rings. The summed E-state index contributed by atoms with van der Waals surface area (Å²) >= 11 is 0. The van der Waals surface area contributed by atoms with Gasteiger partial charge in [0, 0.05) is 102 Å². The average molecular weight is 1160 g/mol. The summed E-state index contributed by atoms with van der Waals surface area (Å²) in [5.74, 6) is -0.0848. The maximum Gasteiger partial charge on any atom is 0.143 e. The van der Waals surface area contributed by atoms with Crippen LogP contribution < -0.4 is 0 Å². The molecule has 6 unspecified atom stereocenters. The van der Waals surface area contributed by atoms with Crippen LogP contribution in [-0.4, -0.2) is 300 Å². The summed E-state index contributed by atoms with van der Waals surface area (Å²) in [5, 5.41) is 0. The number of nitrogens with zero attached hydrogens (tertiary/aromatic N) is 10. The highest BCUT2D eigenvalue weighted by Gasteiger charge is 2.37. The highest BCUT2D eigenvalue weighted by atomic mass is 16.2. The third-order valence-corrected chi connectivity index (χ3v) is 15.4. The van der Waals surface area contributed by atoms with E-state index in [9.17, 15) is 47.9 Å². The van der Waals surface area contributed by atoms with Crippen LogP contribution in [0.1, 0.15) is 150 Å². The van der Waals surface area contributed by atoms with Crippen molar-refractivity contribution >= 4 is 57.8 Å². The maximum atomic E-state index is 12.2. The van der Waals surface area contributed by atoms with Crippen LogP contribution in [-0.2, 0) is 47.9 Å². The van der Waals surface area contributed by atoms with Crippen molar-refractivity contribution in [2.75, 3.05) is 157 Å². The molecule has 6 atom stereocenters. The van der Waals surface area contributed by atoms with Gasteiger partial charge in [-0.05, 0) is 136 Å². The Balaban J connectivity index is 0.00000123. The Morgan fingerprint density at radius 2 is 0.646 bits per heavy atom. The van der Waals surface area contributed by atoms with Crippen molar-refractivity contribution in [1.29, 1.82) is 0 Å². The van der Waals surface area contributed by atoms with E-state index in [2.05, 4.69) is 59.1 Å². The van der Waals surface area contributed by atoms with Crippen LogP contribution in [0.3, 0.4) is 0 Å². The van der Waals surface area contributed by atoms with Gasteiger partial charge in [0.15, 0.2) is 0 Å². The SMILES string of the molecule is CC(=O)CN(CC(C)=O)C(C)CN(CC(C)=O)C1CCCCC1N(CC(C)=O)CC(C)=O.CC(=O)CN(CC(C)N(CC(C)=O)CC(C)=O)CC(C)N(CC(C)=O)CC(C)=O.CCN1CCN(CC)CCN(CC)C(C)CN(CC)CC1. The number of carbonyl (C=O) groups is 10. The van der Waals surface area contributed by atoms with Crippen molar-refractivity contribution in [3.05, 3.63) is 0 Å². The van der Waals surface area contributed by atoms with Crippen molar-refractivity contribution in [2.45, 2.75) is 187 Å². The number of hydrogen-bond acceptors (Lipinski definition) is 20. The fourth-order valence-corrected chi connectivity index (χ4v) is 11.4. The van der Waals surface area contributed by atoms with E-state index in [1.165, 1.54) is 128 Å². The largest absolute Gasteiger partial charge is 0.301 e. The van der Waals surface area contributed by atoms with Crippen molar-refractivity contribution in [3.63, 3.8) is 0 Å². The van der Waals surface area contributed by atoms with Crippen LogP contribution in [0.15, 0.2) is 0 Å². The zero-order valence-corrected chi connectivity index (χ0v) is 54.8. The topological polar surface area (TPSA) is 203 Å². The molecule has 82 heavy (non-hydrogen) atoms. The van der Waals surface area contributed by atoms with Crippen molar-refractivity contribution in [2.24, 2.45) is 0 Å². The molecule has 0 spiro atoms. The van der Waals surface area contributed by atoms with Gasteiger partial charge in [0.05, 0.1) is 65.4 Å². The summed E-state index contributed by atoms with van der Waals surface area (Å²) in [6, 6.07) is 0.316. The summed E-state index contributed by atoms with van der Waals surface area (Å²) in [7, 11) is 0. The average Bonchev–Trinajstić information content (AvgIpc) is 3.54. The molecule has 1 saturated heterocycles. The van der Waals surface area contributed by atoms with E-state index in [-0.39, 0.29) is 153 Å². The number of rotatable bonds is 35. The zero-order chi connectivity index (χ0) is 62.8. The Kier molecular flexibility index (Phi) is 41.1. The van der Waals surface area contributed by atoms with E-state index in [1.54, 1.807) is 6.92 Å². The van der Waals surface area contributed by atoms with Crippen LogP contribution in [0, 0.1) is 0 Å². The second-order valence-electron chi connectivity index (χ2n) is 24.0. The summed E-state index contributed by atoms with van der Waals surface area (Å²) in [4.78, 5) is 140. The molecule has 2 rings (SSSR count). The molecule has 2 fully saturated rings. The lowest BCUT2D eigenvalue weighted by molar-refractivity contribution is -0.125. The minimum Gasteiger partial charge on any atom is -0.301 e. The van der Waals surface area contributed by atoms with Gasteiger partial charge in [0.2, 0.25) is 0 Å². The molecule has 1 aliphatic heterocycles. The van der Waals surface area contributed by atoms with Crippen LogP contribution >= 0.6 is 0 Å². The van der Waals surface area contributed by atoms with Crippen molar-refractivity contribution < 1.29 is 47.9 Å². The Morgan fingerprint density at radius 1 is 0.366 bits per heavy atom. The second-order valence-corrected chi connectivity index (χ2v) is 24.0. The van der Waals surface area contributed by atoms with Gasteiger partial charge in [0.25, 0.3) is 0 Å². The first kappa shape index (κ1) is 78.3. The van der Waals surface area contributed by atoms with Crippen molar-refractivity contribution in [3.8, 4) is 0 Å². The van der Waals surface area contributed by atoms with Gasteiger partial charge in [-0.1, -0.05) is 40.5 Å². The molecule has 1 heterocycles. The molecule has 1 saturated carbocycles. The van der Waals surface area contributed by atoms with E-state index in [4.69, 9.17) is 0 Å². The second kappa shape index (κ2) is 43.0. The summed E-state index contributed by atoms with van der Waals surface area (Å²) in [5.41, 5.74) is 0. The first-order chi connectivity index (χ1) is 38.3. The third-order valence-electron chi connectivity index (χ3n) is 15.4. The Hall–Kier alpha value is -3.70. The van der Waals surface area contributed by atoms with E-state index in [0.29, 0.717) is 25.7 Å². The van der Waals surface area contributed by atoms with Crippen LogP contribution in [0.2, 0.25) is 0 Å². The van der Waals surface area contributed by atoms with E-state index >= 15 is 0 Å². The number of hydrogen-bond donors (Lipinski definition) is 0. The van der Waals surface area contributed by atoms with Crippen LogP contribution in [0.5, 0.6) is 0 Å². The number of carbonyl (C=O) groups excluding carboxylic acids is 10. The predicted octanol–water partition coefficient (Wildman–Crippen LogP) is 3.83. The molecule has 20 nitrogen and oxygen atoms in total. The molecule has 0 radical (unpaired) electrons. The van der Waals surface area contributed by atoms with E-state index in [0.717, 1.165) is 32.2 Å². The van der Waals surface area contributed by atoms with Gasteiger partial charge in [-0.15, -0.1) is 0 Å². The summed E-state index contributed by atoms with van der Waals surface area (Å²) < 4.78 is 0. The van der Waals surface area contributed by atoms with Crippen LogP contribution in [0.25, 0.3) is 0 Å². The fraction of sp³-hybridized carbons (Fsp3) is 0.839. The van der Waals surface area contributed by atoms with E-state index < -0.39 is 0 Å². The van der Waals surface area contributed by atoms with Gasteiger partial charge < -0.3 is 14.7 Å². The first-order valence-electron chi connectivity index (χ1n) is 30.6. The zero-order valence-electron chi connectivity index (χ0n) is 54.8. The molecule has 20 heteroatoms. The lowest BCUT2D eigenvalue weighted by atomic mass is 9.87. The number of ketones is 10. The molecule has 474 valence electrons. The lowest BCUT2D eigenvalue weighted by Crippen LogP contribution is -2.58. The normalized spacial score (nSPS) is 19.3.